The van der Waals surface area contributed by atoms with Gasteiger partial charge in [-0.05, 0) is 6.26 Å². The number of aliphatic imine (C=N–C) groups is 1. The molecule has 1 unspecified atom stereocenters. The maximum Gasteiger partial charge on any atom is 0.251 e. The molecule has 0 aliphatic carbocycles. The predicted molar refractivity (Wildman–Crippen MR) is 60.0 cm³/mol. The van der Waals surface area contributed by atoms with Gasteiger partial charge in [-0.3, -0.25) is 9.79 Å². The van der Waals surface area contributed by atoms with Gasteiger partial charge in [0.25, 0.3) is 5.91 Å². The number of primary amides is 1. The number of thioether (sulfide) groups is 1. The molecular formula is C9H15N3OS. The maximum atomic E-state index is 10.8. The van der Waals surface area contributed by atoms with Crippen molar-refractivity contribution in [2.45, 2.75) is 18.8 Å². The van der Waals surface area contributed by atoms with Crippen LogP contribution in [0.2, 0.25) is 0 Å². The minimum absolute atomic E-state index is 0.333. The number of carbonyl (C=O) groups is 1. The van der Waals surface area contributed by atoms with Crippen LogP contribution in [0.3, 0.4) is 0 Å². The molecule has 0 saturated heterocycles. The van der Waals surface area contributed by atoms with Crippen molar-refractivity contribution < 1.29 is 4.79 Å². The number of carbonyl (C=O) groups excluding carboxylic acids is 1. The molecule has 0 saturated carbocycles. The Morgan fingerprint density at radius 2 is 2.36 bits per heavy atom. The molecule has 3 N–H and O–H groups in total. The minimum Gasteiger partial charge on any atom is -0.366 e. The third kappa shape index (κ3) is 1.92. The Bertz CT molecular complexity index is 298. The monoisotopic (exact) mass is 213 g/mol. The lowest BCUT2D eigenvalue weighted by molar-refractivity contribution is -0.114. The lowest BCUT2D eigenvalue weighted by atomic mass is 10.1. The van der Waals surface area contributed by atoms with E-state index < -0.39 is 5.91 Å². The molecule has 0 aromatic rings. The van der Waals surface area contributed by atoms with Gasteiger partial charge >= 0.3 is 0 Å². The number of rotatable bonds is 3. The molecule has 0 radical (unpaired) electrons. The first-order valence-electron chi connectivity index (χ1n) is 4.40. The van der Waals surface area contributed by atoms with Crippen molar-refractivity contribution in [2.75, 3.05) is 6.26 Å². The summed E-state index contributed by atoms with van der Waals surface area (Å²) in [6.07, 6.45) is 5.15. The second kappa shape index (κ2) is 4.04. The lowest BCUT2D eigenvalue weighted by Crippen LogP contribution is -2.44. The third-order valence-corrected chi connectivity index (χ3v) is 3.53. The van der Waals surface area contributed by atoms with Crippen molar-refractivity contribution >= 4 is 23.9 Å². The van der Waals surface area contributed by atoms with Crippen molar-refractivity contribution in [2.24, 2.45) is 16.6 Å². The van der Waals surface area contributed by atoms with Crippen molar-refractivity contribution in [3.8, 4) is 0 Å². The molecule has 0 spiro atoms. The van der Waals surface area contributed by atoms with Crippen LogP contribution >= 0.6 is 11.8 Å². The highest BCUT2D eigenvalue weighted by atomic mass is 32.2. The number of hydrogen-bond donors (Lipinski definition) is 2. The van der Waals surface area contributed by atoms with Crippen LogP contribution in [0.5, 0.6) is 0 Å². The summed E-state index contributed by atoms with van der Waals surface area (Å²) in [6, 6.07) is 0. The molecule has 0 aromatic heterocycles. The standard InChI is InChI=1S/C9H15N3OS/c1-6(2)9(14-3)11-4-7(5-12-9)8(10)13/h4-6,11H,1-3H3,(H2,10,13). The maximum absolute atomic E-state index is 10.8. The van der Waals surface area contributed by atoms with E-state index in [0.717, 1.165) is 0 Å². The zero-order valence-electron chi connectivity index (χ0n) is 8.57. The molecule has 1 aliphatic heterocycles. The summed E-state index contributed by atoms with van der Waals surface area (Å²) in [5, 5.41) is 3.12. The second-order valence-corrected chi connectivity index (χ2v) is 4.45. The smallest absolute Gasteiger partial charge is 0.251 e. The van der Waals surface area contributed by atoms with E-state index in [0.29, 0.717) is 11.5 Å². The molecule has 14 heavy (non-hydrogen) atoms. The van der Waals surface area contributed by atoms with Crippen molar-refractivity contribution in [1.82, 2.24) is 5.32 Å². The number of amides is 1. The third-order valence-electron chi connectivity index (χ3n) is 2.21. The van der Waals surface area contributed by atoms with Gasteiger partial charge in [-0.1, -0.05) is 13.8 Å². The Labute approximate surface area is 88.0 Å². The van der Waals surface area contributed by atoms with Gasteiger partial charge in [-0.15, -0.1) is 11.8 Å². The van der Waals surface area contributed by atoms with E-state index in [-0.39, 0.29) is 4.99 Å². The number of nitrogens with one attached hydrogen (secondary N) is 1. The van der Waals surface area contributed by atoms with E-state index in [1.54, 1.807) is 18.0 Å². The van der Waals surface area contributed by atoms with Crippen LogP contribution in [0.25, 0.3) is 0 Å². The van der Waals surface area contributed by atoms with Crippen LogP contribution < -0.4 is 11.1 Å². The molecule has 5 heteroatoms. The normalized spacial score (nSPS) is 25.9. The van der Waals surface area contributed by atoms with Gasteiger partial charge in [-0.25, -0.2) is 0 Å². The summed E-state index contributed by atoms with van der Waals surface area (Å²) >= 11 is 1.61. The molecule has 0 bridgehead atoms. The topological polar surface area (TPSA) is 67.5 Å². The number of nitrogens with two attached hydrogens (primary N) is 1. The summed E-state index contributed by atoms with van der Waals surface area (Å²) in [5.41, 5.74) is 5.54. The minimum atomic E-state index is -0.459. The zero-order chi connectivity index (χ0) is 10.8. The molecule has 1 rings (SSSR count). The highest BCUT2D eigenvalue weighted by Crippen LogP contribution is 2.31. The first kappa shape index (κ1) is 11.1. The fourth-order valence-corrected chi connectivity index (χ4v) is 2.03. The molecule has 1 atom stereocenters. The van der Waals surface area contributed by atoms with Gasteiger partial charge in [0.05, 0.1) is 5.57 Å². The summed E-state index contributed by atoms with van der Waals surface area (Å²) in [6.45, 7) is 4.15. The summed E-state index contributed by atoms with van der Waals surface area (Å²) in [4.78, 5) is 14.8. The van der Waals surface area contributed by atoms with E-state index in [9.17, 15) is 4.79 Å². The highest BCUT2D eigenvalue weighted by molar-refractivity contribution is 7.99. The van der Waals surface area contributed by atoms with Gasteiger partial charge in [0, 0.05) is 18.3 Å². The van der Waals surface area contributed by atoms with E-state index in [2.05, 4.69) is 24.2 Å². The SMILES string of the molecule is CSC1(C(C)C)N=CC(C(N)=O)=CN1. The van der Waals surface area contributed by atoms with Gasteiger partial charge in [0.15, 0.2) is 4.99 Å². The van der Waals surface area contributed by atoms with E-state index in [1.807, 2.05) is 6.26 Å². The van der Waals surface area contributed by atoms with E-state index >= 15 is 0 Å². The Hall–Kier alpha value is -0.970. The molecule has 1 heterocycles. The van der Waals surface area contributed by atoms with Gasteiger partial charge < -0.3 is 11.1 Å². The summed E-state index contributed by atoms with van der Waals surface area (Å²) < 4.78 is 0. The number of nitrogens with zero attached hydrogens (tertiary/aromatic N) is 1. The number of hydrogen-bond acceptors (Lipinski definition) is 4. The van der Waals surface area contributed by atoms with E-state index in [1.165, 1.54) is 6.21 Å². The average molecular weight is 213 g/mol. The molecule has 0 aromatic carbocycles. The van der Waals surface area contributed by atoms with E-state index in [4.69, 9.17) is 5.73 Å². The molecular weight excluding hydrogens is 198 g/mol. The Morgan fingerprint density at radius 3 is 2.64 bits per heavy atom. The molecule has 1 amide bonds. The lowest BCUT2D eigenvalue weighted by Gasteiger charge is -2.34. The molecule has 4 nitrogen and oxygen atoms in total. The van der Waals surface area contributed by atoms with Crippen LogP contribution in [-0.2, 0) is 4.79 Å². The first-order valence-corrected chi connectivity index (χ1v) is 5.62. The van der Waals surface area contributed by atoms with Crippen LogP contribution in [0, 0.1) is 5.92 Å². The molecule has 78 valence electrons. The molecule has 1 aliphatic rings. The molecule has 0 fully saturated rings. The Balaban J connectivity index is 2.85. The highest BCUT2D eigenvalue weighted by Gasteiger charge is 2.32. The summed E-state index contributed by atoms with van der Waals surface area (Å²) in [7, 11) is 0. The van der Waals surface area contributed by atoms with Crippen molar-refractivity contribution in [3.63, 3.8) is 0 Å². The zero-order valence-corrected chi connectivity index (χ0v) is 9.39. The first-order chi connectivity index (χ1) is 6.52. The second-order valence-electron chi connectivity index (χ2n) is 3.42. The summed E-state index contributed by atoms with van der Waals surface area (Å²) in [5.74, 6) is -0.126. The Kier molecular flexibility index (Phi) is 3.21. The van der Waals surface area contributed by atoms with Crippen LogP contribution in [0.15, 0.2) is 16.8 Å². The van der Waals surface area contributed by atoms with Crippen LogP contribution in [0.4, 0.5) is 0 Å². The van der Waals surface area contributed by atoms with Gasteiger partial charge in [-0.2, -0.15) is 0 Å². The quantitative estimate of drug-likeness (QED) is 0.725. The predicted octanol–water partition coefficient (Wildman–Crippen LogP) is 0.702. The van der Waals surface area contributed by atoms with Crippen LogP contribution in [-0.4, -0.2) is 23.4 Å². The average Bonchev–Trinajstić information content (AvgIpc) is 2.17. The Morgan fingerprint density at radius 1 is 1.71 bits per heavy atom. The van der Waals surface area contributed by atoms with Gasteiger partial charge in [0.2, 0.25) is 0 Å². The fourth-order valence-electron chi connectivity index (χ4n) is 1.22. The van der Waals surface area contributed by atoms with Gasteiger partial charge in [0.1, 0.15) is 0 Å². The fraction of sp³-hybridized carbons (Fsp3) is 0.556. The van der Waals surface area contributed by atoms with Crippen LogP contribution in [0.1, 0.15) is 13.8 Å². The largest absolute Gasteiger partial charge is 0.366 e. The van der Waals surface area contributed by atoms with Crippen molar-refractivity contribution in [3.05, 3.63) is 11.8 Å². The van der Waals surface area contributed by atoms with Crippen molar-refractivity contribution in [1.29, 1.82) is 0 Å².